The summed E-state index contributed by atoms with van der Waals surface area (Å²) < 4.78 is 0. The van der Waals surface area contributed by atoms with E-state index in [9.17, 15) is 0 Å². The summed E-state index contributed by atoms with van der Waals surface area (Å²) >= 11 is 0. The molecule has 7 aromatic carbocycles. The van der Waals surface area contributed by atoms with E-state index >= 15 is 0 Å². The van der Waals surface area contributed by atoms with Crippen molar-refractivity contribution < 1.29 is 0 Å². The lowest BCUT2D eigenvalue weighted by Crippen LogP contribution is -2.40. The Morgan fingerprint density at radius 1 is 0.462 bits per heavy atom. The fraction of sp³-hybridized carbons (Fsp3) is 0.100. The van der Waals surface area contributed by atoms with Crippen molar-refractivity contribution >= 4 is 11.5 Å². The predicted octanol–water partition coefficient (Wildman–Crippen LogP) is 11.5. The molecule has 10 rings (SSSR count). The number of nitrogens with one attached hydrogen (secondary N) is 1. The zero-order chi connectivity index (χ0) is 34.9. The molecule has 248 valence electrons. The highest BCUT2D eigenvalue weighted by molar-refractivity contribution is 6.05. The second kappa shape index (κ2) is 11.6. The number of benzene rings is 7. The van der Waals surface area contributed by atoms with Crippen LogP contribution in [0.4, 0.5) is 0 Å². The summed E-state index contributed by atoms with van der Waals surface area (Å²) in [6, 6.07) is 64.3. The van der Waals surface area contributed by atoms with E-state index in [0.717, 1.165) is 22.7 Å². The minimum Gasteiger partial charge on any atom is -0.340 e. The molecule has 1 heterocycles. The molecule has 1 unspecified atom stereocenters. The molecule has 0 aromatic heterocycles. The largest absolute Gasteiger partial charge is 0.340 e. The Kier molecular flexibility index (Phi) is 6.85. The van der Waals surface area contributed by atoms with Gasteiger partial charge in [-0.2, -0.15) is 0 Å². The van der Waals surface area contributed by atoms with Gasteiger partial charge in [0.2, 0.25) is 0 Å². The van der Waals surface area contributed by atoms with Gasteiger partial charge < -0.3 is 5.32 Å². The summed E-state index contributed by atoms with van der Waals surface area (Å²) in [7, 11) is 0. The van der Waals surface area contributed by atoms with Gasteiger partial charge in [-0.15, -0.1) is 0 Å². The smallest absolute Gasteiger partial charge is 0.133 e. The normalized spacial score (nSPS) is 17.2. The Hall–Kier alpha value is -6.25. The van der Waals surface area contributed by atoms with Crippen LogP contribution in [0.2, 0.25) is 0 Å². The molecule has 3 aliphatic rings. The first-order chi connectivity index (χ1) is 25.5. The van der Waals surface area contributed by atoms with Crippen LogP contribution in [-0.4, -0.2) is 5.84 Å². The van der Waals surface area contributed by atoms with Crippen molar-refractivity contribution in [3.63, 3.8) is 0 Å². The Labute approximate surface area is 305 Å². The zero-order valence-electron chi connectivity index (χ0n) is 29.3. The van der Waals surface area contributed by atoms with Crippen LogP contribution in [0.1, 0.15) is 70.0 Å². The SMILES string of the molecule is CC1(C)c2ccccc2C2(c3ccccc3-c3c(-c4cccc(C5=CC(c6ccccc6)N=C(c6ccccc6)N5)c4)cccc32)c2ccccc21. The van der Waals surface area contributed by atoms with Crippen molar-refractivity contribution in [3.8, 4) is 22.3 Å². The monoisotopic (exact) mass is 666 g/mol. The molecule has 0 saturated carbocycles. The first kappa shape index (κ1) is 30.6. The van der Waals surface area contributed by atoms with E-state index in [1.807, 2.05) is 6.07 Å². The minimum absolute atomic E-state index is 0.0975. The number of hydrogen-bond donors (Lipinski definition) is 1. The molecule has 0 saturated heterocycles. The van der Waals surface area contributed by atoms with Crippen LogP contribution >= 0.6 is 0 Å². The number of aliphatic imine (C=N–C) groups is 1. The first-order valence-electron chi connectivity index (χ1n) is 18.3. The van der Waals surface area contributed by atoms with E-state index in [0.29, 0.717) is 0 Å². The average molecular weight is 667 g/mol. The molecule has 0 bridgehead atoms. The van der Waals surface area contributed by atoms with E-state index in [-0.39, 0.29) is 11.5 Å². The van der Waals surface area contributed by atoms with Gasteiger partial charge in [-0.05, 0) is 78.9 Å². The van der Waals surface area contributed by atoms with Crippen LogP contribution in [0, 0.1) is 0 Å². The molecule has 0 amide bonds. The van der Waals surface area contributed by atoms with Gasteiger partial charge in [0.05, 0.1) is 11.5 Å². The summed E-state index contributed by atoms with van der Waals surface area (Å²) in [4.78, 5) is 5.18. The van der Waals surface area contributed by atoms with E-state index < -0.39 is 5.41 Å². The Balaban J connectivity index is 1.17. The quantitative estimate of drug-likeness (QED) is 0.199. The molecular weight excluding hydrogens is 629 g/mol. The van der Waals surface area contributed by atoms with Crippen LogP contribution in [-0.2, 0) is 10.8 Å². The van der Waals surface area contributed by atoms with Gasteiger partial charge in [0.15, 0.2) is 0 Å². The van der Waals surface area contributed by atoms with Gasteiger partial charge >= 0.3 is 0 Å². The molecule has 1 spiro atoms. The Morgan fingerprint density at radius 3 is 1.69 bits per heavy atom. The van der Waals surface area contributed by atoms with Crippen molar-refractivity contribution in [2.45, 2.75) is 30.7 Å². The highest BCUT2D eigenvalue weighted by Gasteiger charge is 2.53. The number of fused-ring (bicyclic) bond motifs is 9. The third kappa shape index (κ3) is 4.40. The highest BCUT2D eigenvalue weighted by atomic mass is 15.0. The van der Waals surface area contributed by atoms with Crippen LogP contribution in [0.25, 0.3) is 28.0 Å². The highest BCUT2D eigenvalue weighted by Crippen LogP contribution is 2.63. The van der Waals surface area contributed by atoms with Gasteiger partial charge in [-0.3, -0.25) is 4.99 Å². The average Bonchev–Trinajstić information content (AvgIpc) is 3.52. The van der Waals surface area contributed by atoms with Gasteiger partial charge in [-0.1, -0.05) is 184 Å². The van der Waals surface area contributed by atoms with Crippen LogP contribution < -0.4 is 5.32 Å². The van der Waals surface area contributed by atoms with E-state index in [1.54, 1.807) is 0 Å². The van der Waals surface area contributed by atoms with E-state index in [2.05, 4.69) is 195 Å². The first-order valence-corrected chi connectivity index (χ1v) is 18.3. The topological polar surface area (TPSA) is 24.4 Å². The summed E-state index contributed by atoms with van der Waals surface area (Å²) in [6.45, 7) is 4.76. The van der Waals surface area contributed by atoms with Gasteiger partial charge in [0.25, 0.3) is 0 Å². The van der Waals surface area contributed by atoms with Crippen LogP contribution in [0.3, 0.4) is 0 Å². The minimum atomic E-state index is -0.417. The third-order valence-corrected chi connectivity index (χ3v) is 11.6. The van der Waals surface area contributed by atoms with Gasteiger partial charge in [-0.25, -0.2) is 0 Å². The predicted molar refractivity (Wildman–Crippen MR) is 215 cm³/mol. The summed E-state index contributed by atoms with van der Waals surface area (Å²) in [6.07, 6.45) is 2.26. The van der Waals surface area contributed by atoms with Crippen molar-refractivity contribution in [3.05, 3.63) is 232 Å². The molecule has 2 nitrogen and oxygen atoms in total. The maximum absolute atomic E-state index is 5.18. The Morgan fingerprint density at radius 2 is 0.981 bits per heavy atom. The summed E-state index contributed by atoms with van der Waals surface area (Å²) in [5.41, 5.74) is 17.2. The Bertz CT molecular complexity index is 2520. The van der Waals surface area contributed by atoms with Crippen LogP contribution in [0.5, 0.6) is 0 Å². The molecule has 2 aliphatic carbocycles. The zero-order valence-corrected chi connectivity index (χ0v) is 29.3. The molecular formula is C50H38N2. The molecule has 2 heteroatoms. The molecule has 1 aliphatic heterocycles. The van der Waals surface area contributed by atoms with Gasteiger partial charge in [0, 0.05) is 16.7 Å². The van der Waals surface area contributed by atoms with Crippen LogP contribution in [0.15, 0.2) is 187 Å². The second-order valence-corrected chi connectivity index (χ2v) is 14.7. The summed E-state index contributed by atoms with van der Waals surface area (Å²) in [5, 5.41) is 3.72. The second-order valence-electron chi connectivity index (χ2n) is 14.7. The maximum Gasteiger partial charge on any atom is 0.133 e. The standard InChI is InChI=1S/C50H38N2/c1-49(2)40-26-11-13-28-42(40)50(43-29-14-12-27-41(43)49)39-25-10-9-23-38(39)47-37(24-16-30-44(47)50)35-21-15-22-36(31-35)46-32-45(33-17-5-3-6-18-33)51-48(52-46)34-19-7-4-8-20-34/h3-32,45H,1-2H3,(H,51,52). The lowest BCUT2D eigenvalue weighted by atomic mass is 9.55. The molecule has 1 N–H and O–H groups in total. The molecule has 0 radical (unpaired) electrons. The summed E-state index contributed by atoms with van der Waals surface area (Å²) in [5.74, 6) is 0.881. The van der Waals surface area contributed by atoms with Crippen molar-refractivity contribution in [2.24, 2.45) is 4.99 Å². The number of amidine groups is 1. The molecule has 1 atom stereocenters. The fourth-order valence-corrected chi connectivity index (χ4v) is 9.27. The third-order valence-electron chi connectivity index (χ3n) is 11.6. The van der Waals surface area contributed by atoms with Crippen molar-refractivity contribution in [1.29, 1.82) is 0 Å². The molecule has 52 heavy (non-hydrogen) atoms. The number of rotatable bonds is 4. The van der Waals surface area contributed by atoms with Crippen molar-refractivity contribution in [1.82, 2.24) is 5.32 Å². The van der Waals surface area contributed by atoms with E-state index in [1.165, 1.54) is 61.2 Å². The van der Waals surface area contributed by atoms with E-state index in [4.69, 9.17) is 4.99 Å². The molecule has 7 aromatic rings. The lowest BCUT2D eigenvalue weighted by molar-refractivity contribution is 0.563. The number of hydrogen-bond acceptors (Lipinski definition) is 2. The van der Waals surface area contributed by atoms with Gasteiger partial charge in [0.1, 0.15) is 5.84 Å². The lowest BCUT2D eigenvalue weighted by Gasteiger charge is -2.46. The fourth-order valence-electron chi connectivity index (χ4n) is 9.27. The molecule has 0 fully saturated rings. The maximum atomic E-state index is 5.18. The van der Waals surface area contributed by atoms with Crippen molar-refractivity contribution in [2.75, 3.05) is 0 Å². The number of nitrogens with zero attached hydrogens (tertiary/aromatic N) is 1.